The van der Waals surface area contributed by atoms with Crippen molar-refractivity contribution in [3.8, 4) is 0 Å². The van der Waals surface area contributed by atoms with Gasteiger partial charge in [0.15, 0.2) is 0 Å². The Morgan fingerprint density at radius 3 is 2.56 bits per heavy atom. The number of nitrogens with zero attached hydrogens (tertiary/aromatic N) is 4. The molecule has 8 heteroatoms. The Bertz CT molecular complexity index is 832. The van der Waals surface area contributed by atoms with E-state index in [1.54, 1.807) is 0 Å². The third kappa shape index (κ3) is 4.36. The lowest BCUT2D eigenvalue weighted by Crippen LogP contribution is -2.23. The lowest BCUT2D eigenvalue weighted by atomic mass is 10.1. The van der Waals surface area contributed by atoms with Crippen molar-refractivity contribution in [2.75, 3.05) is 5.32 Å². The number of anilines is 2. The van der Waals surface area contributed by atoms with E-state index < -0.39 is 0 Å². The van der Waals surface area contributed by atoms with Gasteiger partial charge in [-0.15, -0.1) is 5.10 Å². The van der Waals surface area contributed by atoms with Gasteiger partial charge in [0.05, 0.1) is 22.7 Å². The minimum Gasteiger partial charge on any atom is -0.347 e. The highest BCUT2D eigenvalue weighted by atomic mass is 32.1. The zero-order chi connectivity index (χ0) is 17.6. The molecule has 0 aliphatic heterocycles. The van der Waals surface area contributed by atoms with Crippen LogP contribution < -0.4 is 10.6 Å². The minimum absolute atomic E-state index is 0.227. The molecular weight excluding hydrogens is 336 g/mol. The first-order valence-corrected chi connectivity index (χ1v) is 8.64. The first kappa shape index (κ1) is 17.0. The molecular formula is C17H18N6OS. The average molecular weight is 354 g/mol. The zero-order valence-corrected chi connectivity index (χ0v) is 14.7. The monoisotopic (exact) mass is 354 g/mol. The van der Waals surface area contributed by atoms with Crippen molar-refractivity contribution in [3.63, 3.8) is 0 Å². The summed E-state index contributed by atoms with van der Waals surface area (Å²) in [5, 5.41) is 10.0. The van der Waals surface area contributed by atoms with Crippen molar-refractivity contribution in [3.05, 3.63) is 58.9 Å². The Morgan fingerprint density at radius 2 is 1.88 bits per heavy atom. The second-order valence-electron chi connectivity index (χ2n) is 5.71. The van der Waals surface area contributed by atoms with Gasteiger partial charge in [0, 0.05) is 18.1 Å². The number of benzene rings is 1. The summed E-state index contributed by atoms with van der Waals surface area (Å²) in [4.78, 5) is 21.6. The van der Waals surface area contributed by atoms with Gasteiger partial charge in [-0.2, -0.15) is 0 Å². The maximum Gasteiger partial charge on any atom is 0.254 e. The normalized spacial score (nSPS) is 10.7. The SMILES string of the molecule is CC(C)c1nnsc1CNC(=O)c1cnc(Nc2ccccc2)nc1. The molecule has 128 valence electrons. The Kier molecular flexibility index (Phi) is 5.30. The highest BCUT2D eigenvalue weighted by Gasteiger charge is 2.13. The van der Waals surface area contributed by atoms with Gasteiger partial charge in [0.2, 0.25) is 5.95 Å². The van der Waals surface area contributed by atoms with Crippen molar-refractivity contribution < 1.29 is 4.79 Å². The number of carbonyl (C=O) groups is 1. The van der Waals surface area contributed by atoms with Gasteiger partial charge in [0.25, 0.3) is 5.91 Å². The van der Waals surface area contributed by atoms with Crippen LogP contribution in [0.15, 0.2) is 42.7 Å². The molecule has 1 aromatic carbocycles. The second kappa shape index (κ2) is 7.80. The number of aromatic nitrogens is 4. The quantitative estimate of drug-likeness (QED) is 0.706. The van der Waals surface area contributed by atoms with Crippen LogP contribution in [0.25, 0.3) is 0 Å². The van der Waals surface area contributed by atoms with Crippen LogP contribution in [0.3, 0.4) is 0 Å². The van der Waals surface area contributed by atoms with Gasteiger partial charge in [-0.3, -0.25) is 4.79 Å². The Balaban J connectivity index is 1.60. The maximum absolute atomic E-state index is 12.2. The minimum atomic E-state index is -0.227. The molecule has 0 atom stereocenters. The standard InChI is InChI=1S/C17H18N6OS/c1-11(2)15-14(25-23-22-15)10-18-16(24)12-8-19-17(20-9-12)21-13-6-4-3-5-7-13/h3-9,11H,10H2,1-2H3,(H,18,24)(H,19,20,21). The number of nitrogens with one attached hydrogen (secondary N) is 2. The molecule has 2 heterocycles. The van der Waals surface area contributed by atoms with Crippen LogP contribution in [0.5, 0.6) is 0 Å². The van der Waals surface area contributed by atoms with Crippen LogP contribution in [0.1, 0.15) is 40.7 Å². The number of hydrogen-bond acceptors (Lipinski definition) is 7. The number of amides is 1. The Hall–Kier alpha value is -2.87. The van der Waals surface area contributed by atoms with E-state index in [0.717, 1.165) is 16.3 Å². The predicted molar refractivity (Wildman–Crippen MR) is 96.9 cm³/mol. The Labute approximate surface area is 149 Å². The zero-order valence-electron chi connectivity index (χ0n) is 13.9. The fourth-order valence-corrected chi connectivity index (χ4v) is 2.93. The van der Waals surface area contributed by atoms with Crippen LogP contribution >= 0.6 is 11.5 Å². The topological polar surface area (TPSA) is 92.7 Å². The molecule has 3 aromatic rings. The molecule has 0 bridgehead atoms. The molecule has 0 saturated heterocycles. The highest BCUT2D eigenvalue weighted by molar-refractivity contribution is 7.05. The molecule has 0 radical (unpaired) electrons. The van der Waals surface area contributed by atoms with Gasteiger partial charge in [-0.1, -0.05) is 36.5 Å². The lowest BCUT2D eigenvalue weighted by Gasteiger charge is -2.07. The maximum atomic E-state index is 12.2. The third-order valence-corrected chi connectivity index (χ3v) is 4.22. The molecule has 0 aliphatic carbocycles. The van der Waals surface area contributed by atoms with E-state index in [1.807, 2.05) is 44.2 Å². The second-order valence-corrected chi connectivity index (χ2v) is 6.54. The van der Waals surface area contributed by atoms with E-state index in [0.29, 0.717) is 18.1 Å². The van der Waals surface area contributed by atoms with E-state index in [9.17, 15) is 4.79 Å². The summed E-state index contributed by atoms with van der Waals surface area (Å²) in [7, 11) is 0. The molecule has 2 aromatic heterocycles. The molecule has 2 N–H and O–H groups in total. The van der Waals surface area contributed by atoms with Crippen molar-refractivity contribution >= 4 is 29.1 Å². The Morgan fingerprint density at radius 1 is 1.16 bits per heavy atom. The molecule has 0 fully saturated rings. The van der Waals surface area contributed by atoms with E-state index in [-0.39, 0.29) is 11.8 Å². The van der Waals surface area contributed by atoms with E-state index in [2.05, 4.69) is 30.2 Å². The van der Waals surface area contributed by atoms with Crippen LogP contribution in [0.4, 0.5) is 11.6 Å². The molecule has 3 rings (SSSR count). The molecule has 1 amide bonds. The first-order valence-electron chi connectivity index (χ1n) is 7.87. The van der Waals surface area contributed by atoms with Gasteiger partial charge >= 0.3 is 0 Å². The molecule has 0 saturated carbocycles. The molecule has 0 aliphatic rings. The van der Waals surface area contributed by atoms with E-state index in [1.165, 1.54) is 23.9 Å². The highest BCUT2D eigenvalue weighted by Crippen LogP contribution is 2.19. The van der Waals surface area contributed by atoms with Crippen LogP contribution in [0, 0.1) is 0 Å². The van der Waals surface area contributed by atoms with Gasteiger partial charge in [-0.05, 0) is 29.6 Å². The molecule has 7 nitrogen and oxygen atoms in total. The summed E-state index contributed by atoms with van der Waals surface area (Å²) in [5.74, 6) is 0.489. The van der Waals surface area contributed by atoms with Crippen molar-refractivity contribution in [1.82, 2.24) is 24.9 Å². The smallest absolute Gasteiger partial charge is 0.254 e. The molecule has 25 heavy (non-hydrogen) atoms. The largest absolute Gasteiger partial charge is 0.347 e. The first-order chi connectivity index (χ1) is 12.1. The number of rotatable bonds is 6. The van der Waals surface area contributed by atoms with E-state index in [4.69, 9.17) is 0 Å². The predicted octanol–water partition coefficient (Wildman–Crippen LogP) is 3.13. The lowest BCUT2D eigenvalue weighted by molar-refractivity contribution is 0.0950. The summed E-state index contributed by atoms with van der Waals surface area (Å²) in [6.45, 7) is 4.50. The van der Waals surface area contributed by atoms with Gasteiger partial charge in [0.1, 0.15) is 0 Å². The van der Waals surface area contributed by atoms with Crippen molar-refractivity contribution in [2.45, 2.75) is 26.3 Å². The third-order valence-electron chi connectivity index (χ3n) is 3.49. The summed E-state index contributed by atoms with van der Waals surface area (Å²) in [6, 6.07) is 9.61. The van der Waals surface area contributed by atoms with E-state index >= 15 is 0 Å². The van der Waals surface area contributed by atoms with Crippen LogP contribution in [0.2, 0.25) is 0 Å². The number of hydrogen-bond donors (Lipinski definition) is 2. The van der Waals surface area contributed by atoms with Crippen molar-refractivity contribution in [1.29, 1.82) is 0 Å². The fraction of sp³-hybridized carbons (Fsp3) is 0.235. The summed E-state index contributed by atoms with van der Waals surface area (Å²) in [6.07, 6.45) is 3.00. The fourth-order valence-electron chi connectivity index (χ4n) is 2.20. The van der Waals surface area contributed by atoms with Crippen LogP contribution in [-0.2, 0) is 6.54 Å². The van der Waals surface area contributed by atoms with Gasteiger partial charge in [-0.25, -0.2) is 9.97 Å². The summed E-state index contributed by atoms with van der Waals surface area (Å²) >= 11 is 1.30. The number of para-hydroxylation sites is 1. The average Bonchev–Trinajstić information content (AvgIpc) is 3.10. The summed E-state index contributed by atoms with van der Waals surface area (Å²) in [5.41, 5.74) is 2.21. The molecule has 0 unspecified atom stereocenters. The summed E-state index contributed by atoms with van der Waals surface area (Å²) < 4.78 is 3.95. The van der Waals surface area contributed by atoms with Crippen LogP contribution in [-0.4, -0.2) is 25.5 Å². The molecule has 0 spiro atoms. The van der Waals surface area contributed by atoms with Crippen molar-refractivity contribution in [2.24, 2.45) is 0 Å². The van der Waals surface area contributed by atoms with Gasteiger partial charge < -0.3 is 10.6 Å². The number of carbonyl (C=O) groups excluding carboxylic acids is 1.